The molecule has 0 fully saturated rings. The molecule has 1 aromatic carbocycles. The molecule has 2 unspecified atom stereocenters. The van der Waals surface area contributed by atoms with Crippen molar-refractivity contribution >= 4 is 27.3 Å². The van der Waals surface area contributed by atoms with E-state index in [2.05, 4.69) is 77.6 Å². The van der Waals surface area contributed by atoms with Gasteiger partial charge in [-0.25, -0.2) is 0 Å². The highest BCUT2D eigenvalue weighted by Crippen LogP contribution is 2.29. The van der Waals surface area contributed by atoms with Gasteiger partial charge in [0, 0.05) is 17.0 Å². The molecule has 1 heterocycles. The minimum absolute atomic E-state index is 0.382. The minimum Gasteiger partial charge on any atom is -0.303 e. The lowest BCUT2D eigenvalue weighted by Crippen LogP contribution is -2.24. The molecular weight excluding hydrogens is 318 g/mol. The topological polar surface area (TPSA) is 12.0 Å². The Kier molecular flexibility index (Phi) is 5.61. The van der Waals surface area contributed by atoms with E-state index < -0.39 is 0 Å². The fourth-order valence-corrected chi connectivity index (χ4v) is 3.70. The van der Waals surface area contributed by atoms with Crippen molar-refractivity contribution in [3.8, 4) is 0 Å². The second-order valence-electron chi connectivity index (χ2n) is 4.78. The maximum absolute atomic E-state index is 3.75. The van der Waals surface area contributed by atoms with Gasteiger partial charge in [-0.15, -0.1) is 11.3 Å². The maximum Gasteiger partial charge on any atom is 0.0701 e. The van der Waals surface area contributed by atoms with Gasteiger partial charge in [0.1, 0.15) is 0 Å². The molecule has 1 N–H and O–H groups in total. The normalized spacial score (nSPS) is 14.3. The van der Waals surface area contributed by atoms with Crippen molar-refractivity contribution in [1.29, 1.82) is 0 Å². The Balaban J connectivity index is 2.08. The zero-order valence-corrected chi connectivity index (χ0v) is 13.8. The van der Waals surface area contributed by atoms with E-state index in [1.807, 2.05) is 0 Å². The van der Waals surface area contributed by atoms with E-state index in [1.165, 1.54) is 27.1 Å². The number of hydrogen-bond acceptors (Lipinski definition) is 2. The molecule has 0 aliphatic heterocycles. The van der Waals surface area contributed by atoms with Crippen molar-refractivity contribution < 1.29 is 0 Å². The summed E-state index contributed by atoms with van der Waals surface area (Å²) in [5, 5.41) is 3.75. The predicted octanol–water partition coefficient (Wildman–Crippen LogP) is 5.70. The summed E-state index contributed by atoms with van der Waals surface area (Å²) >= 11 is 5.34. The third-order valence-electron chi connectivity index (χ3n) is 3.25. The van der Waals surface area contributed by atoms with E-state index in [-0.39, 0.29) is 0 Å². The molecule has 1 aromatic heterocycles. The number of rotatable bonds is 6. The van der Waals surface area contributed by atoms with Crippen LogP contribution in [0.3, 0.4) is 0 Å². The van der Waals surface area contributed by atoms with Crippen LogP contribution in [0.2, 0.25) is 0 Å². The molecule has 0 aliphatic rings. The molecule has 0 saturated heterocycles. The van der Waals surface area contributed by atoms with E-state index in [9.17, 15) is 0 Å². The smallest absolute Gasteiger partial charge is 0.0701 e. The molecule has 3 heteroatoms. The Bertz CT molecular complexity index is 494. The second-order valence-corrected chi connectivity index (χ2v) is 7.28. The van der Waals surface area contributed by atoms with Crippen LogP contribution in [0.15, 0.2) is 46.3 Å². The highest BCUT2D eigenvalue weighted by molar-refractivity contribution is 9.11. The molecule has 0 aliphatic carbocycles. The van der Waals surface area contributed by atoms with Crippen LogP contribution in [0, 0.1) is 0 Å². The van der Waals surface area contributed by atoms with Gasteiger partial charge in [0.25, 0.3) is 0 Å². The minimum atomic E-state index is 0.382. The zero-order valence-electron chi connectivity index (χ0n) is 11.4. The average Bonchev–Trinajstić information content (AvgIpc) is 2.86. The summed E-state index contributed by atoms with van der Waals surface area (Å²) < 4.78 is 1.20. The fourth-order valence-electron chi connectivity index (χ4n) is 2.27. The second kappa shape index (κ2) is 7.22. The van der Waals surface area contributed by atoms with E-state index in [4.69, 9.17) is 0 Å². The summed E-state index contributed by atoms with van der Waals surface area (Å²) in [6.07, 6.45) is 2.36. The first-order valence-corrected chi connectivity index (χ1v) is 8.38. The lowest BCUT2D eigenvalue weighted by atomic mass is 10.0. The van der Waals surface area contributed by atoms with Crippen LogP contribution in [0.25, 0.3) is 0 Å². The molecule has 0 saturated carbocycles. The Labute approximate surface area is 128 Å². The summed E-state index contributed by atoms with van der Waals surface area (Å²) in [6, 6.07) is 15.9. The molecule has 2 atom stereocenters. The van der Waals surface area contributed by atoms with Gasteiger partial charge in [-0.05, 0) is 47.0 Å². The third-order valence-corrected chi connectivity index (χ3v) is 5.06. The first kappa shape index (κ1) is 14.8. The van der Waals surface area contributed by atoms with Crippen molar-refractivity contribution in [2.75, 3.05) is 0 Å². The summed E-state index contributed by atoms with van der Waals surface area (Å²) in [7, 11) is 0. The number of halogens is 1. The van der Waals surface area contributed by atoms with Gasteiger partial charge < -0.3 is 5.32 Å². The van der Waals surface area contributed by atoms with Crippen LogP contribution in [0.4, 0.5) is 0 Å². The summed E-state index contributed by atoms with van der Waals surface area (Å²) in [5.41, 5.74) is 1.38. The fraction of sp³-hybridized carbons (Fsp3) is 0.375. The van der Waals surface area contributed by atoms with Gasteiger partial charge in [0.2, 0.25) is 0 Å². The molecule has 102 valence electrons. The summed E-state index contributed by atoms with van der Waals surface area (Å²) in [6.45, 7) is 4.48. The predicted molar refractivity (Wildman–Crippen MR) is 87.7 cm³/mol. The van der Waals surface area contributed by atoms with Crippen molar-refractivity contribution in [1.82, 2.24) is 5.32 Å². The Hall–Kier alpha value is -0.640. The van der Waals surface area contributed by atoms with Crippen LogP contribution in [0.1, 0.15) is 49.2 Å². The van der Waals surface area contributed by atoms with Crippen LogP contribution in [0.5, 0.6) is 0 Å². The SMILES string of the molecule is CCCC(NC(C)c1ccc(Br)s1)c1ccccc1. The Morgan fingerprint density at radius 1 is 1.16 bits per heavy atom. The lowest BCUT2D eigenvalue weighted by molar-refractivity contribution is 0.443. The highest BCUT2D eigenvalue weighted by atomic mass is 79.9. The van der Waals surface area contributed by atoms with Gasteiger partial charge in [-0.1, -0.05) is 43.7 Å². The van der Waals surface area contributed by atoms with Gasteiger partial charge in [-0.2, -0.15) is 0 Å². The molecule has 2 rings (SSSR count). The maximum atomic E-state index is 3.75. The van der Waals surface area contributed by atoms with E-state index in [1.54, 1.807) is 11.3 Å². The van der Waals surface area contributed by atoms with Gasteiger partial charge in [-0.3, -0.25) is 0 Å². The van der Waals surface area contributed by atoms with E-state index >= 15 is 0 Å². The number of hydrogen-bond donors (Lipinski definition) is 1. The first-order chi connectivity index (χ1) is 9.20. The monoisotopic (exact) mass is 337 g/mol. The van der Waals surface area contributed by atoms with Crippen LogP contribution in [-0.4, -0.2) is 0 Å². The Morgan fingerprint density at radius 3 is 2.47 bits per heavy atom. The van der Waals surface area contributed by atoms with Gasteiger partial charge >= 0.3 is 0 Å². The number of thiophene rings is 1. The van der Waals surface area contributed by atoms with E-state index in [0.29, 0.717) is 12.1 Å². The highest BCUT2D eigenvalue weighted by Gasteiger charge is 2.15. The van der Waals surface area contributed by atoms with E-state index in [0.717, 1.165) is 0 Å². The van der Waals surface area contributed by atoms with Crippen LogP contribution in [-0.2, 0) is 0 Å². The number of nitrogens with one attached hydrogen (secondary N) is 1. The zero-order chi connectivity index (χ0) is 13.7. The molecule has 0 amide bonds. The quantitative estimate of drug-likeness (QED) is 0.712. The molecule has 2 aromatic rings. The molecule has 0 radical (unpaired) electrons. The average molecular weight is 338 g/mol. The molecule has 1 nitrogen and oxygen atoms in total. The van der Waals surface area contributed by atoms with Crippen molar-refractivity contribution in [2.24, 2.45) is 0 Å². The van der Waals surface area contributed by atoms with Crippen molar-refractivity contribution in [3.05, 3.63) is 56.7 Å². The molecule has 0 spiro atoms. The van der Waals surface area contributed by atoms with Crippen LogP contribution >= 0.6 is 27.3 Å². The largest absolute Gasteiger partial charge is 0.303 e. The molecule has 0 bridgehead atoms. The molecular formula is C16H20BrNS. The molecule has 19 heavy (non-hydrogen) atoms. The lowest BCUT2D eigenvalue weighted by Gasteiger charge is -2.23. The Morgan fingerprint density at radius 2 is 1.89 bits per heavy atom. The number of benzene rings is 1. The summed E-state index contributed by atoms with van der Waals surface area (Å²) in [5.74, 6) is 0. The first-order valence-electron chi connectivity index (χ1n) is 6.77. The van der Waals surface area contributed by atoms with Crippen LogP contribution < -0.4 is 5.32 Å². The summed E-state index contributed by atoms with van der Waals surface area (Å²) in [4.78, 5) is 1.38. The van der Waals surface area contributed by atoms with Gasteiger partial charge in [0.05, 0.1) is 3.79 Å². The third kappa shape index (κ3) is 4.16. The van der Waals surface area contributed by atoms with Gasteiger partial charge in [0.15, 0.2) is 0 Å². The standard InChI is InChI=1S/C16H20BrNS/c1-3-7-14(13-8-5-4-6-9-13)18-12(2)15-10-11-16(17)19-15/h4-6,8-12,14,18H,3,7H2,1-2H3. The van der Waals surface area contributed by atoms with Crippen molar-refractivity contribution in [3.63, 3.8) is 0 Å². The van der Waals surface area contributed by atoms with Crippen molar-refractivity contribution in [2.45, 2.75) is 38.8 Å².